The second-order valence-corrected chi connectivity index (χ2v) is 8.96. The molecule has 0 spiro atoms. The van der Waals surface area contributed by atoms with Crippen LogP contribution in [0.1, 0.15) is 41.9 Å². The summed E-state index contributed by atoms with van der Waals surface area (Å²) in [6.07, 6.45) is 5.20. The van der Waals surface area contributed by atoms with Crippen LogP contribution in [0.5, 0.6) is 0 Å². The minimum atomic E-state index is -0.583. The molecule has 1 aliphatic heterocycles. The molecule has 1 aromatic heterocycles. The Morgan fingerprint density at radius 2 is 1.88 bits per heavy atom. The van der Waals surface area contributed by atoms with Gasteiger partial charge in [0.2, 0.25) is 0 Å². The maximum Gasteiger partial charge on any atom is 0.161 e. The standard InChI is InChI=1S/C28H24ClN3O2/c1-17-20(29)11-5-12-21(17)32-22-13-6-14-23(33)25(22)24(19-10-7-15-31-16-19)26(28(32)30)27(34)18-8-3-2-4-9-18/h2-5,7-12,15-16,24,30,34H,6,13-14H2,1H3/b27-26+,30-28?. The van der Waals surface area contributed by atoms with Crippen molar-refractivity contribution < 1.29 is 9.90 Å². The van der Waals surface area contributed by atoms with E-state index in [1.807, 2.05) is 55.5 Å². The van der Waals surface area contributed by atoms with Crippen molar-refractivity contribution >= 4 is 34.7 Å². The zero-order chi connectivity index (χ0) is 23.8. The minimum absolute atomic E-state index is 0.0194. The number of nitrogens with one attached hydrogen (secondary N) is 1. The molecule has 170 valence electrons. The van der Waals surface area contributed by atoms with Gasteiger partial charge in [-0.05, 0) is 49.1 Å². The van der Waals surface area contributed by atoms with Gasteiger partial charge in [-0.2, -0.15) is 0 Å². The number of Topliss-reactive ketones (excluding diaryl/α,β-unsaturated/α-hetero) is 1. The Morgan fingerprint density at radius 3 is 2.62 bits per heavy atom. The third-order valence-electron chi connectivity index (χ3n) is 6.55. The second kappa shape index (κ2) is 8.92. The van der Waals surface area contributed by atoms with Crippen LogP contribution >= 0.6 is 11.6 Å². The van der Waals surface area contributed by atoms with Crippen LogP contribution in [0.25, 0.3) is 5.76 Å². The molecule has 2 aliphatic rings. The lowest BCUT2D eigenvalue weighted by Crippen LogP contribution is -2.42. The molecule has 6 heteroatoms. The van der Waals surface area contributed by atoms with E-state index in [0.29, 0.717) is 41.0 Å². The predicted molar refractivity (Wildman–Crippen MR) is 135 cm³/mol. The van der Waals surface area contributed by atoms with E-state index in [1.54, 1.807) is 29.4 Å². The summed E-state index contributed by atoms with van der Waals surface area (Å²) in [5.74, 6) is -0.436. The average molecular weight is 470 g/mol. The highest BCUT2D eigenvalue weighted by molar-refractivity contribution is 6.32. The maximum absolute atomic E-state index is 13.4. The van der Waals surface area contributed by atoms with E-state index in [0.717, 1.165) is 22.5 Å². The van der Waals surface area contributed by atoms with Gasteiger partial charge in [-0.1, -0.05) is 54.1 Å². The van der Waals surface area contributed by atoms with Gasteiger partial charge >= 0.3 is 0 Å². The fourth-order valence-corrected chi connectivity index (χ4v) is 5.10. The summed E-state index contributed by atoms with van der Waals surface area (Å²) >= 11 is 6.45. The number of halogens is 1. The lowest BCUT2D eigenvalue weighted by molar-refractivity contribution is -0.116. The topological polar surface area (TPSA) is 77.3 Å². The number of carbonyl (C=O) groups is 1. The molecular formula is C28H24ClN3O2. The number of pyridine rings is 1. The number of hydrogen-bond donors (Lipinski definition) is 2. The molecule has 0 saturated heterocycles. The van der Waals surface area contributed by atoms with E-state index in [2.05, 4.69) is 4.98 Å². The Morgan fingerprint density at radius 1 is 1.09 bits per heavy atom. The van der Waals surface area contributed by atoms with Crippen molar-refractivity contribution in [2.24, 2.45) is 0 Å². The number of aliphatic hydroxyl groups is 1. The minimum Gasteiger partial charge on any atom is -0.507 e. The van der Waals surface area contributed by atoms with E-state index in [-0.39, 0.29) is 17.4 Å². The van der Waals surface area contributed by atoms with Crippen molar-refractivity contribution in [3.8, 4) is 0 Å². The predicted octanol–water partition coefficient (Wildman–Crippen LogP) is 6.60. The highest BCUT2D eigenvalue weighted by Gasteiger charge is 2.43. The third-order valence-corrected chi connectivity index (χ3v) is 6.96. The number of nitrogens with zero attached hydrogens (tertiary/aromatic N) is 2. The number of carbonyl (C=O) groups excluding carboxylic acids is 1. The molecule has 0 radical (unpaired) electrons. The van der Waals surface area contributed by atoms with Crippen LogP contribution in [-0.4, -0.2) is 21.7 Å². The van der Waals surface area contributed by atoms with Crippen LogP contribution in [-0.2, 0) is 4.79 Å². The first-order valence-electron chi connectivity index (χ1n) is 11.3. The zero-order valence-electron chi connectivity index (χ0n) is 18.8. The summed E-state index contributed by atoms with van der Waals surface area (Å²) in [5.41, 5.74) is 4.71. The number of aromatic nitrogens is 1. The van der Waals surface area contributed by atoms with E-state index in [1.165, 1.54) is 0 Å². The molecule has 2 aromatic carbocycles. The third kappa shape index (κ3) is 3.62. The number of allylic oxidation sites excluding steroid dienone is 2. The van der Waals surface area contributed by atoms with Crippen molar-refractivity contribution in [1.29, 1.82) is 5.41 Å². The molecule has 34 heavy (non-hydrogen) atoms. The molecule has 0 fully saturated rings. The molecule has 5 nitrogen and oxygen atoms in total. The first-order chi connectivity index (χ1) is 16.5. The Hall–Kier alpha value is -3.70. The second-order valence-electron chi connectivity index (χ2n) is 8.55. The number of ketones is 1. The highest BCUT2D eigenvalue weighted by atomic mass is 35.5. The van der Waals surface area contributed by atoms with Gasteiger partial charge in [-0.25, -0.2) is 0 Å². The summed E-state index contributed by atoms with van der Waals surface area (Å²) in [5, 5.41) is 21.5. The Bertz CT molecular complexity index is 1350. The quantitative estimate of drug-likeness (QED) is 0.423. The van der Waals surface area contributed by atoms with Gasteiger partial charge in [0.25, 0.3) is 0 Å². The number of rotatable bonds is 3. The Balaban J connectivity index is 1.85. The fraction of sp³-hybridized carbons (Fsp3) is 0.179. The van der Waals surface area contributed by atoms with Gasteiger partial charge in [-0.15, -0.1) is 0 Å². The van der Waals surface area contributed by atoms with Gasteiger partial charge in [0.1, 0.15) is 11.6 Å². The molecule has 0 bridgehead atoms. The smallest absolute Gasteiger partial charge is 0.161 e. The molecule has 0 amide bonds. The highest BCUT2D eigenvalue weighted by Crippen LogP contribution is 2.48. The number of aliphatic hydroxyl groups excluding tert-OH is 1. The van der Waals surface area contributed by atoms with Gasteiger partial charge in [0.15, 0.2) is 5.78 Å². The average Bonchev–Trinajstić information content (AvgIpc) is 2.86. The number of anilines is 1. The van der Waals surface area contributed by atoms with Crippen molar-refractivity contribution in [2.75, 3.05) is 4.90 Å². The van der Waals surface area contributed by atoms with Crippen molar-refractivity contribution in [3.63, 3.8) is 0 Å². The number of benzene rings is 2. The zero-order valence-corrected chi connectivity index (χ0v) is 19.5. The van der Waals surface area contributed by atoms with Gasteiger partial charge in [-0.3, -0.25) is 20.1 Å². The van der Waals surface area contributed by atoms with Crippen LogP contribution in [0.2, 0.25) is 5.02 Å². The first-order valence-corrected chi connectivity index (χ1v) is 11.7. The van der Waals surface area contributed by atoms with Crippen LogP contribution in [0, 0.1) is 12.3 Å². The lowest BCUT2D eigenvalue weighted by Gasteiger charge is -2.42. The van der Waals surface area contributed by atoms with Crippen LogP contribution in [0.3, 0.4) is 0 Å². The first kappa shape index (κ1) is 22.1. The van der Waals surface area contributed by atoms with E-state index < -0.39 is 5.92 Å². The summed E-state index contributed by atoms with van der Waals surface area (Å²) in [6.45, 7) is 1.91. The van der Waals surface area contributed by atoms with Crippen LogP contribution in [0.4, 0.5) is 5.69 Å². The van der Waals surface area contributed by atoms with Crippen LogP contribution < -0.4 is 4.90 Å². The molecule has 1 unspecified atom stereocenters. The molecule has 2 N–H and O–H groups in total. The Labute approximate surface area is 203 Å². The van der Waals surface area contributed by atoms with Crippen molar-refractivity contribution in [1.82, 2.24) is 4.98 Å². The molecular weight excluding hydrogens is 446 g/mol. The van der Waals surface area contributed by atoms with Gasteiger partial charge in [0, 0.05) is 52.2 Å². The molecule has 2 heterocycles. The lowest BCUT2D eigenvalue weighted by atomic mass is 9.73. The maximum atomic E-state index is 13.4. The SMILES string of the molecule is Cc1c(Cl)cccc1N1C(=N)/C(=C(/O)c2ccccc2)C(c2cccnc2)C2=C1CCCC2=O. The molecule has 0 saturated carbocycles. The fourth-order valence-electron chi connectivity index (χ4n) is 4.93. The van der Waals surface area contributed by atoms with Crippen molar-refractivity contribution in [2.45, 2.75) is 32.1 Å². The normalized spacial score (nSPS) is 19.8. The van der Waals surface area contributed by atoms with Gasteiger partial charge in [0.05, 0.1) is 5.69 Å². The van der Waals surface area contributed by atoms with E-state index >= 15 is 0 Å². The summed E-state index contributed by atoms with van der Waals surface area (Å²) in [4.78, 5) is 19.5. The molecule has 1 atom stereocenters. The molecule has 1 aliphatic carbocycles. The molecule has 5 rings (SSSR count). The van der Waals surface area contributed by atoms with Crippen molar-refractivity contribution in [3.05, 3.63) is 112 Å². The largest absolute Gasteiger partial charge is 0.507 e. The summed E-state index contributed by atoms with van der Waals surface area (Å²) in [6, 6.07) is 18.4. The Kier molecular flexibility index (Phi) is 5.80. The monoisotopic (exact) mass is 469 g/mol. The summed E-state index contributed by atoms with van der Waals surface area (Å²) in [7, 11) is 0. The van der Waals surface area contributed by atoms with E-state index in [9.17, 15) is 15.3 Å². The van der Waals surface area contributed by atoms with Gasteiger partial charge < -0.3 is 5.11 Å². The van der Waals surface area contributed by atoms with Crippen LogP contribution in [0.15, 0.2) is 89.9 Å². The molecule has 3 aromatic rings. The van der Waals surface area contributed by atoms with E-state index in [4.69, 9.17) is 11.6 Å². The number of amidine groups is 1. The summed E-state index contributed by atoms with van der Waals surface area (Å²) < 4.78 is 0. The number of hydrogen-bond acceptors (Lipinski definition) is 4.